The van der Waals surface area contributed by atoms with Crippen molar-refractivity contribution in [3.8, 4) is 0 Å². The van der Waals surface area contributed by atoms with E-state index in [-0.39, 0.29) is 11.9 Å². The molecule has 0 aliphatic carbocycles. The highest BCUT2D eigenvalue weighted by Crippen LogP contribution is 2.25. The molecular weight excluding hydrogens is 208 g/mol. The van der Waals surface area contributed by atoms with Crippen LogP contribution in [-0.4, -0.2) is 30.4 Å². The Morgan fingerprint density at radius 2 is 2.31 bits per heavy atom. The third-order valence-electron chi connectivity index (χ3n) is 2.72. The minimum atomic E-state index is -0.366. The number of carbonyl (C=O) groups is 2. The molecule has 1 N–H and O–H groups in total. The molecule has 5 nitrogen and oxygen atoms in total. The SMILES string of the molecule is COC(=O)C1=C2NC(C)=CC(=O)N2CCC1. The predicted molar refractivity (Wildman–Crippen MR) is 56.9 cm³/mol. The van der Waals surface area contributed by atoms with Crippen LogP contribution in [-0.2, 0) is 14.3 Å². The van der Waals surface area contributed by atoms with E-state index in [2.05, 4.69) is 5.32 Å². The van der Waals surface area contributed by atoms with E-state index in [1.165, 1.54) is 13.2 Å². The first-order valence-corrected chi connectivity index (χ1v) is 5.21. The highest BCUT2D eigenvalue weighted by atomic mass is 16.5. The van der Waals surface area contributed by atoms with Gasteiger partial charge in [-0.15, -0.1) is 0 Å². The molecule has 2 rings (SSSR count). The summed E-state index contributed by atoms with van der Waals surface area (Å²) < 4.78 is 4.71. The van der Waals surface area contributed by atoms with Gasteiger partial charge in [0.2, 0.25) is 0 Å². The monoisotopic (exact) mass is 222 g/mol. The lowest BCUT2D eigenvalue weighted by molar-refractivity contribution is -0.136. The summed E-state index contributed by atoms with van der Waals surface area (Å²) in [5, 5.41) is 3.06. The molecule has 0 saturated carbocycles. The van der Waals surface area contributed by atoms with E-state index >= 15 is 0 Å². The molecule has 0 aromatic rings. The Morgan fingerprint density at radius 1 is 1.56 bits per heavy atom. The molecule has 1 amide bonds. The fourth-order valence-electron chi connectivity index (χ4n) is 1.98. The lowest BCUT2D eigenvalue weighted by atomic mass is 10.0. The van der Waals surface area contributed by atoms with E-state index in [0.717, 1.165) is 12.1 Å². The fourth-order valence-corrected chi connectivity index (χ4v) is 1.98. The smallest absolute Gasteiger partial charge is 0.337 e. The maximum Gasteiger partial charge on any atom is 0.337 e. The lowest BCUT2D eigenvalue weighted by Gasteiger charge is -2.34. The molecule has 0 atom stereocenters. The van der Waals surface area contributed by atoms with Crippen molar-refractivity contribution in [2.75, 3.05) is 13.7 Å². The number of amides is 1. The molecule has 0 unspecified atom stereocenters. The van der Waals surface area contributed by atoms with Crippen molar-refractivity contribution in [3.63, 3.8) is 0 Å². The van der Waals surface area contributed by atoms with Gasteiger partial charge in [0.05, 0.1) is 12.7 Å². The number of hydrogen-bond donors (Lipinski definition) is 1. The Balaban J connectivity index is 2.42. The highest BCUT2D eigenvalue weighted by molar-refractivity contribution is 5.95. The average Bonchev–Trinajstić information content (AvgIpc) is 2.27. The first kappa shape index (κ1) is 10.7. The number of rotatable bonds is 1. The third kappa shape index (κ3) is 1.68. The van der Waals surface area contributed by atoms with E-state index in [0.29, 0.717) is 24.4 Å². The van der Waals surface area contributed by atoms with Gasteiger partial charge in [-0.3, -0.25) is 9.69 Å². The van der Waals surface area contributed by atoms with Crippen LogP contribution >= 0.6 is 0 Å². The van der Waals surface area contributed by atoms with Crippen LogP contribution in [0.4, 0.5) is 0 Å². The second kappa shape index (κ2) is 4.00. The zero-order valence-electron chi connectivity index (χ0n) is 9.37. The standard InChI is InChI=1S/C11H14N2O3/c1-7-6-9(14)13-5-3-4-8(10(13)12-7)11(15)16-2/h6,12H,3-5H2,1-2H3. The Kier molecular flexibility index (Phi) is 2.68. The zero-order chi connectivity index (χ0) is 11.7. The molecule has 86 valence electrons. The summed E-state index contributed by atoms with van der Waals surface area (Å²) in [7, 11) is 1.35. The number of allylic oxidation sites excluding steroid dienone is 1. The molecular formula is C11H14N2O3. The van der Waals surface area contributed by atoms with Gasteiger partial charge in [0.1, 0.15) is 5.82 Å². The summed E-state index contributed by atoms with van der Waals surface area (Å²) in [6.45, 7) is 2.44. The van der Waals surface area contributed by atoms with Crippen LogP contribution in [0.1, 0.15) is 19.8 Å². The lowest BCUT2D eigenvalue weighted by Crippen LogP contribution is -2.44. The summed E-state index contributed by atoms with van der Waals surface area (Å²) in [5.74, 6) is 0.144. The molecule has 0 aromatic heterocycles. The van der Waals surface area contributed by atoms with Gasteiger partial charge < -0.3 is 10.1 Å². The minimum Gasteiger partial charge on any atom is -0.466 e. The average molecular weight is 222 g/mol. The Hall–Kier alpha value is -1.78. The molecule has 2 aliphatic rings. The van der Waals surface area contributed by atoms with Gasteiger partial charge in [0.25, 0.3) is 5.91 Å². The van der Waals surface area contributed by atoms with Crippen molar-refractivity contribution < 1.29 is 14.3 Å². The zero-order valence-corrected chi connectivity index (χ0v) is 9.37. The van der Waals surface area contributed by atoms with Crippen molar-refractivity contribution in [1.82, 2.24) is 10.2 Å². The van der Waals surface area contributed by atoms with Crippen molar-refractivity contribution >= 4 is 11.9 Å². The van der Waals surface area contributed by atoms with Gasteiger partial charge in [-0.05, 0) is 19.8 Å². The van der Waals surface area contributed by atoms with Gasteiger partial charge in [0.15, 0.2) is 0 Å². The minimum absolute atomic E-state index is 0.0765. The van der Waals surface area contributed by atoms with Crippen LogP contribution < -0.4 is 5.32 Å². The summed E-state index contributed by atoms with van der Waals surface area (Å²) in [5.41, 5.74) is 1.30. The quantitative estimate of drug-likeness (QED) is 0.656. The van der Waals surface area contributed by atoms with Gasteiger partial charge in [-0.2, -0.15) is 0 Å². The second-order valence-corrected chi connectivity index (χ2v) is 3.86. The van der Waals surface area contributed by atoms with E-state index in [1.807, 2.05) is 0 Å². The van der Waals surface area contributed by atoms with Crippen LogP contribution in [0, 0.1) is 0 Å². The maximum absolute atomic E-state index is 11.7. The van der Waals surface area contributed by atoms with Crippen LogP contribution in [0.15, 0.2) is 23.2 Å². The van der Waals surface area contributed by atoms with Gasteiger partial charge in [-0.25, -0.2) is 4.79 Å². The van der Waals surface area contributed by atoms with E-state index in [4.69, 9.17) is 4.74 Å². The number of fused-ring (bicyclic) bond motifs is 1. The number of methoxy groups -OCH3 is 1. The molecule has 16 heavy (non-hydrogen) atoms. The van der Waals surface area contributed by atoms with E-state index in [1.54, 1.807) is 11.8 Å². The summed E-state index contributed by atoms with van der Waals surface area (Å²) in [6, 6.07) is 0. The molecule has 0 saturated heterocycles. The first-order valence-electron chi connectivity index (χ1n) is 5.21. The first-order chi connectivity index (χ1) is 7.63. The fraction of sp³-hybridized carbons (Fsp3) is 0.455. The van der Waals surface area contributed by atoms with Crippen molar-refractivity contribution in [3.05, 3.63) is 23.2 Å². The number of ether oxygens (including phenoxy) is 1. The molecule has 0 fully saturated rings. The van der Waals surface area contributed by atoms with Crippen LogP contribution in [0.2, 0.25) is 0 Å². The van der Waals surface area contributed by atoms with E-state index in [9.17, 15) is 9.59 Å². The largest absolute Gasteiger partial charge is 0.466 e. The summed E-state index contributed by atoms with van der Waals surface area (Å²) >= 11 is 0. The third-order valence-corrected chi connectivity index (χ3v) is 2.72. The van der Waals surface area contributed by atoms with Gasteiger partial charge in [-0.1, -0.05) is 0 Å². The molecule has 0 aromatic carbocycles. The topological polar surface area (TPSA) is 58.6 Å². The normalized spacial score (nSPS) is 20.0. The van der Waals surface area contributed by atoms with Crippen LogP contribution in [0.25, 0.3) is 0 Å². The van der Waals surface area contributed by atoms with Crippen LogP contribution in [0.3, 0.4) is 0 Å². The van der Waals surface area contributed by atoms with Crippen molar-refractivity contribution in [2.24, 2.45) is 0 Å². The number of nitrogens with one attached hydrogen (secondary N) is 1. The Labute approximate surface area is 93.7 Å². The number of esters is 1. The van der Waals surface area contributed by atoms with Gasteiger partial charge >= 0.3 is 5.97 Å². The molecule has 0 bridgehead atoms. The molecule has 2 heterocycles. The summed E-state index contributed by atoms with van der Waals surface area (Å²) in [6.07, 6.45) is 2.96. The molecule has 2 aliphatic heterocycles. The molecule has 5 heteroatoms. The maximum atomic E-state index is 11.7. The number of nitrogens with zero attached hydrogens (tertiary/aromatic N) is 1. The molecule has 0 spiro atoms. The molecule has 0 radical (unpaired) electrons. The van der Waals surface area contributed by atoms with Gasteiger partial charge in [0, 0.05) is 18.3 Å². The Morgan fingerprint density at radius 3 is 3.00 bits per heavy atom. The Bertz CT molecular complexity index is 409. The number of carbonyl (C=O) groups excluding carboxylic acids is 2. The van der Waals surface area contributed by atoms with Crippen LogP contribution in [0.5, 0.6) is 0 Å². The van der Waals surface area contributed by atoms with Crippen molar-refractivity contribution in [2.45, 2.75) is 19.8 Å². The number of hydrogen-bond acceptors (Lipinski definition) is 4. The van der Waals surface area contributed by atoms with E-state index < -0.39 is 0 Å². The highest BCUT2D eigenvalue weighted by Gasteiger charge is 2.30. The summed E-state index contributed by atoms with van der Waals surface area (Å²) in [4.78, 5) is 24.9. The second-order valence-electron chi connectivity index (χ2n) is 3.86. The van der Waals surface area contributed by atoms with Crippen molar-refractivity contribution in [1.29, 1.82) is 0 Å². The predicted octanol–water partition coefficient (Wildman–Crippen LogP) is 0.500.